The predicted octanol–water partition coefficient (Wildman–Crippen LogP) is 3.19. The van der Waals surface area contributed by atoms with Gasteiger partial charge in [0.15, 0.2) is 0 Å². The first-order valence-electron chi connectivity index (χ1n) is 9.03. The van der Waals surface area contributed by atoms with Gasteiger partial charge in [-0.3, -0.25) is 9.59 Å². The number of methoxy groups -OCH3 is 1. The number of carbonyl (C=O) groups excluding carboxylic acids is 3. The van der Waals surface area contributed by atoms with Gasteiger partial charge in [0.2, 0.25) is 11.8 Å². The van der Waals surface area contributed by atoms with Gasteiger partial charge >= 0.3 is 5.97 Å². The van der Waals surface area contributed by atoms with E-state index in [1.54, 1.807) is 24.3 Å². The van der Waals surface area contributed by atoms with E-state index in [1.165, 1.54) is 32.2 Å². The highest BCUT2D eigenvalue weighted by Gasteiger charge is 2.28. The Labute approximate surface area is 187 Å². The summed E-state index contributed by atoms with van der Waals surface area (Å²) in [6.07, 6.45) is 0.171. The van der Waals surface area contributed by atoms with Crippen LogP contribution in [0, 0.1) is 5.82 Å². The Morgan fingerprint density at radius 3 is 2.47 bits per heavy atom. The zero-order valence-corrected chi connectivity index (χ0v) is 18.7. The second-order valence-corrected chi connectivity index (χ2v) is 7.90. The van der Waals surface area contributed by atoms with Crippen LogP contribution in [0.3, 0.4) is 0 Å². The van der Waals surface area contributed by atoms with Crippen molar-refractivity contribution in [1.82, 2.24) is 10.6 Å². The lowest BCUT2D eigenvalue weighted by atomic mass is 10.0. The van der Waals surface area contributed by atoms with Gasteiger partial charge in [0.25, 0.3) is 0 Å². The number of hydrogen-bond donors (Lipinski definition) is 2. The second-order valence-electron chi connectivity index (χ2n) is 6.61. The number of nitrogens with one attached hydrogen (secondary N) is 2. The third-order valence-corrected chi connectivity index (χ3v) is 5.27. The molecule has 2 rings (SSSR count). The largest absolute Gasteiger partial charge is 0.467 e. The predicted molar refractivity (Wildman–Crippen MR) is 115 cm³/mol. The number of hydrogen-bond acceptors (Lipinski definition) is 4. The van der Waals surface area contributed by atoms with Crippen molar-refractivity contribution < 1.29 is 23.5 Å². The van der Waals surface area contributed by atoms with Gasteiger partial charge in [-0.15, -0.1) is 0 Å². The average molecular weight is 500 g/mol. The van der Waals surface area contributed by atoms with Crippen LogP contribution in [0.1, 0.15) is 18.1 Å². The molecule has 0 saturated carbocycles. The first-order valence-corrected chi connectivity index (χ1v) is 10.2. The molecule has 0 unspecified atom stereocenters. The van der Waals surface area contributed by atoms with E-state index in [9.17, 15) is 18.8 Å². The quantitative estimate of drug-likeness (QED) is 0.547. The molecular weight excluding hydrogens is 479 g/mol. The van der Waals surface area contributed by atoms with Gasteiger partial charge in [-0.25, -0.2) is 9.18 Å². The highest BCUT2D eigenvalue weighted by molar-refractivity contribution is 9.10. The van der Waals surface area contributed by atoms with Crippen LogP contribution in [0.15, 0.2) is 46.9 Å². The maximum atomic E-state index is 13.5. The lowest BCUT2D eigenvalue weighted by Crippen LogP contribution is -2.53. The fourth-order valence-corrected chi connectivity index (χ4v) is 3.48. The fraction of sp³-hybridized carbons (Fsp3) is 0.286. The molecule has 0 aliphatic heterocycles. The summed E-state index contributed by atoms with van der Waals surface area (Å²) in [5, 5.41) is 5.63. The molecule has 160 valence electrons. The van der Waals surface area contributed by atoms with E-state index in [0.717, 1.165) is 0 Å². The molecule has 2 N–H and O–H groups in total. The molecule has 0 fully saturated rings. The molecule has 9 heteroatoms. The minimum atomic E-state index is -1.01. The maximum absolute atomic E-state index is 13.5. The lowest BCUT2D eigenvalue weighted by molar-refractivity contribution is -0.145. The molecule has 0 spiro atoms. The Balaban J connectivity index is 2.22. The smallest absolute Gasteiger partial charge is 0.328 e. The highest BCUT2D eigenvalue weighted by Crippen LogP contribution is 2.22. The maximum Gasteiger partial charge on any atom is 0.328 e. The zero-order chi connectivity index (χ0) is 22.3. The van der Waals surface area contributed by atoms with Gasteiger partial charge in [-0.05, 0) is 41.5 Å². The Morgan fingerprint density at radius 1 is 1.10 bits per heavy atom. The van der Waals surface area contributed by atoms with E-state index in [1.807, 2.05) is 0 Å². The molecular formula is C21H21BrClFN2O4. The molecule has 0 radical (unpaired) electrons. The number of halogens is 3. The Bertz CT molecular complexity index is 941. The number of rotatable bonds is 8. The van der Waals surface area contributed by atoms with Crippen LogP contribution in [-0.2, 0) is 32.0 Å². The van der Waals surface area contributed by atoms with Crippen molar-refractivity contribution in [2.75, 3.05) is 7.11 Å². The minimum Gasteiger partial charge on any atom is -0.467 e. The molecule has 0 bridgehead atoms. The topological polar surface area (TPSA) is 84.5 Å². The van der Waals surface area contributed by atoms with Gasteiger partial charge in [0.05, 0.1) is 7.11 Å². The summed E-state index contributed by atoms with van der Waals surface area (Å²) in [5.41, 5.74) is 1.22. The van der Waals surface area contributed by atoms with E-state index >= 15 is 0 Å². The summed E-state index contributed by atoms with van der Waals surface area (Å²) in [4.78, 5) is 36.7. The van der Waals surface area contributed by atoms with E-state index in [2.05, 4.69) is 26.6 Å². The third kappa shape index (κ3) is 7.11. The van der Waals surface area contributed by atoms with Crippen molar-refractivity contribution in [3.05, 3.63) is 68.9 Å². The third-order valence-electron chi connectivity index (χ3n) is 4.26. The van der Waals surface area contributed by atoms with Crippen molar-refractivity contribution in [3.8, 4) is 0 Å². The summed E-state index contributed by atoms with van der Waals surface area (Å²) in [5.74, 6) is -2.13. The van der Waals surface area contributed by atoms with Crippen LogP contribution in [0.25, 0.3) is 0 Å². The van der Waals surface area contributed by atoms with Crippen molar-refractivity contribution >= 4 is 45.3 Å². The van der Waals surface area contributed by atoms with Gasteiger partial charge in [0, 0.05) is 29.3 Å². The van der Waals surface area contributed by atoms with Gasteiger partial charge in [-0.1, -0.05) is 39.7 Å². The Morgan fingerprint density at radius 2 is 1.83 bits per heavy atom. The molecule has 2 aromatic rings. The van der Waals surface area contributed by atoms with Crippen LogP contribution in [0.4, 0.5) is 4.39 Å². The number of benzene rings is 2. The average Bonchev–Trinajstić information content (AvgIpc) is 2.68. The van der Waals surface area contributed by atoms with Crippen molar-refractivity contribution in [2.45, 2.75) is 31.8 Å². The Kier molecular flexibility index (Phi) is 8.80. The van der Waals surface area contributed by atoms with Crippen molar-refractivity contribution in [3.63, 3.8) is 0 Å². The van der Waals surface area contributed by atoms with Crippen LogP contribution in [0.2, 0.25) is 5.02 Å². The summed E-state index contributed by atoms with van der Waals surface area (Å²) in [7, 11) is 1.21. The number of ether oxygens (including phenoxy) is 1. The van der Waals surface area contributed by atoms with Crippen LogP contribution in [0.5, 0.6) is 0 Å². The van der Waals surface area contributed by atoms with Crippen molar-refractivity contribution in [1.29, 1.82) is 0 Å². The normalized spacial score (nSPS) is 12.6. The van der Waals surface area contributed by atoms with Crippen LogP contribution >= 0.6 is 27.5 Å². The molecule has 6 nitrogen and oxygen atoms in total. The zero-order valence-electron chi connectivity index (χ0n) is 16.4. The lowest BCUT2D eigenvalue weighted by Gasteiger charge is -2.22. The molecule has 0 heterocycles. The van der Waals surface area contributed by atoms with Gasteiger partial charge in [-0.2, -0.15) is 0 Å². The van der Waals surface area contributed by atoms with E-state index in [-0.39, 0.29) is 12.8 Å². The number of amides is 2. The molecule has 2 aromatic carbocycles. The van der Waals surface area contributed by atoms with Crippen LogP contribution < -0.4 is 10.6 Å². The summed E-state index contributed by atoms with van der Waals surface area (Å²) >= 11 is 9.42. The summed E-state index contributed by atoms with van der Waals surface area (Å²) < 4.78 is 19.0. The van der Waals surface area contributed by atoms with Crippen LogP contribution in [-0.4, -0.2) is 37.0 Å². The molecule has 0 aliphatic rings. The molecule has 2 atom stereocenters. The first-order chi connectivity index (χ1) is 14.2. The second kappa shape index (κ2) is 11.1. The standard InChI is InChI=1S/C21H21BrClFN2O4/c1-12(27)25-18(9-13-4-3-5-16(24)8-13)20(28)26-19(21(29)30-2)11-14-10-15(23)6-7-17(14)22/h3-8,10,18-19H,9,11H2,1-2H3,(H,25,27)(H,26,28)/t18-,19+/m0/s1. The molecule has 30 heavy (non-hydrogen) atoms. The van der Waals surface area contributed by atoms with E-state index in [4.69, 9.17) is 16.3 Å². The van der Waals surface area contributed by atoms with E-state index in [0.29, 0.717) is 20.6 Å². The SMILES string of the molecule is COC(=O)[C@@H](Cc1cc(Cl)ccc1Br)NC(=O)[C@H](Cc1cccc(F)c1)NC(C)=O. The Hall–Kier alpha value is -2.45. The number of carbonyl (C=O) groups is 3. The molecule has 0 saturated heterocycles. The summed E-state index contributed by atoms with van der Waals surface area (Å²) in [6, 6.07) is 8.81. The minimum absolute atomic E-state index is 0.0535. The summed E-state index contributed by atoms with van der Waals surface area (Å²) in [6.45, 7) is 1.27. The van der Waals surface area contributed by atoms with E-state index < -0.39 is 35.7 Å². The fourth-order valence-electron chi connectivity index (χ4n) is 2.88. The van der Waals surface area contributed by atoms with Gasteiger partial charge in [0.1, 0.15) is 17.9 Å². The highest BCUT2D eigenvalue weighted by atomic mass is 79.9. The molecule has 0 aromatic heterocycles. The molecule has 2 amide bonds. The van der Waals surface area contributed by atoms with Crippen molar-refractivity contribution in [2.24, 2.45) is 0 Å². The first kappa shape index (κ1) is 23.8. The molecule has 0 aliphatic carbocycles. The number of esters is 1. The monoisotopic (exact) mass is 498 g/mol. The van der Waals surface area contributed by atoms with Gasteiger partial charge < -0.3 is 15.4 Å².